The lowest BCUT2D eigenvalue weighted by Gasteiger charge is -2.29. The number of nitrogens with two attached hydrogens (primary N) is 1. The highest BCUT2D eigenvalue weighted by Gasteiger charge is 2.33. The largest absolute Gasteiger partial charge is 0.379 e. The minimum Gasteiger partial charge on any atom is -0.379 e. The van der Waals surface area contributed by atoms with Crippen molar-refractivity contribution in [2.24, 2.45) is 17.1 Å². The molecule has 0 saturated carbocycles. The summed E-state index contributed by atoms with van der Waals surface area (Å²) in [6, 6.07) is -0.0185. The van der Waals surface area contributed by atoms with Gasteiger partial charge >= 0.3 is 0 Å². The number of carbonyl (C=O) groups is 1. The van der Waals surface area contributed by atoms with E-state index >= 15 is 0 Å². The van der Waals surface area contributed by atoms with Gasteiger partial charge in [-0.15, -0.1) is 0 Å². The molecule has 0 spiro atoms. The molecule has 0 aliphatic carbocycles. The van der Waals surface area contributed by atoms with E-state index in [0.717, 1.165) is 0 Å². The van der Waals surface area contributed by atoms with E-state index in [1.165, 1.54) is 0 Å². The van der Waals surface area contributed by atoms with Gasteiger partial charge in [-0.05, 0) is 12.3 Å². The maximum Gasteiger partial charge on any atom is 0.227 e. The first-order valence-electron chi connectivity index (χ1n) is 5.46. The summed E-state index contributed by atoms with van der Waals surface area (Å²) in [5.74, 6) is -0.169. The van der Waals surface area contributed by atoms with Crippen LogP contribution in [0.25, 0.3) is 0 Å². The van der Waals surface area contributed by atoms with Crippen LogP contribution in [0.15, 0.2) is 0 Å². The number of amides is 1. The van der Waals surface area contributed by atoms with Crippen LogP contribution in [0.2, 0.25) is 0 Å². The second-order valence-corrected chi connectivity index (χ2v) is 5.40. The highest BCUT2D eigenvalue weighted by atomic mass is 16.5. The predicted molar refractivity (Wildman–Crippen MR) is 59.3 cm³/mol. The maximum absolute atomic E-state index is 11.8. The summed E-state index contributed by atoms with van der Waals surface area (Å²) >= 11 is 0. The van der Waals surface area contributed by atoms with E-state index in [2.05, 4.69) is 26.1 Å². The Morgan fingerprint density at radius 1 is 1.47 bits per heavy atom. The molecule has 1 heterocycles. The van der Waals surface area contributed by atoms with Crippen LogP contribution < -0.4 is 11.1 Å². The molecule has 0 aromatic carbocycles. The molecule has 4 heteroatoms. The van der Waals surface area contributed by atoms with Crippen LogP contribution in [0.3, 0.4) is 0 Å². The minimum atomic E-state index is -0.185. The molecule has 3 unspecified atom stereocenters. The van der Waals surface area contributed by atoms with Gasteiger partial charge in [0, 0.05) is 12.1 Å². The van der Waals surface area contributed by atoms with Gasteiger partial charge in [0.1, 0.15) is 0 Å². The van der Waals surface area contributed by atoms with Crippen molar-refractivity contribution in [1.82, 2.24) is 5.32 Å². The maximum atomic E-state index is 11.8. The fraction of sp³-hybridized carbons (Fsp3) is 0.909. The molecule has 1 fully saturated rings. The van der Waals surface area contributed by atoms with Gasteiger partial charge in [-0.2, -0.15) is 0 Å². The van der Waals surface area contributed by atoms with E-state index < -0.39 is 0 Å². The highest BCUT2D eigenvalue weighted by molar-refractivity contribution is 5.80. The van der Waals surface area contributed by atoms with E-state index in [-0.39, 0.29) is 29.3 Å². The van der Waals surface area contributed by atoms with Crippen molar-refractivity contribution < 1.29 is 9.53 Å². The fourth-order valence-electron chi connectivity index (χ4n) is 1.38. The number of hydrogen-bond donors (Lipinski definition) is 2. The average Bonchev–Trinajstić information content (AvgIpc) is 2.49. The Kier molecular flexibility index (Phi) is 3.73. The Hall–Kier alpha value is -0.610. The number of carbonyl (C=O) groups excluding carboxylic acids is 1. The van der Waals surface area contributed by atoms with E-state index in [4.69, 9.17) is 10.5 Å². The lowest BCUT2D eigenvalue weighted by molar-refractivity contribution is -0.126. The smallest absolute Gasteiger partial charge is 0.227 e. The third kappa shape index (κ3) is 3.18. The molecule has 15 heavy (non-hydrogen) atoms. The number of ether oxygens (including phenoxy) is 1. The lowest BCUT2D eigenvalue weighted by Crippen LogP contribution is -2.48. The number of nitrogens with one attached hydrogen (secondary N) is 1. The van der Waals surface area contributed by atoms with Crippen LogP contribution in [-0.2, 0) is 9.53 Å². The van der Waals surface area contributed by atoms with Gasteiger partial charge in [-0.25, -0.2) is 0 Å². The first-order valence-corrected chi connectivity index (χ1v) is 5.46. The monoisotopic (exact) mass is 214 g/mol. The first-order chi connectivity index (χ1) is 6.82. The zero-order chi connectivity index (χ0) is 11.6. The van der Waals surface area contributed by atoms with Crippen molar-refractivity contribution in [3.63, 3.8) is 0 Å². The Labute approximate surface area is 91.5 Å². The molecule has 1 aliphatic rings. The van der Waals surface area contributed by atoms with Crippen molar-refractivity contribution in [3.8, 4) is 0 Å². The summed E-state index contributed by atoms with van der Waals surface area (Å²) in [7, 11) is 0. The van der Waals surface area contributed by atoms with Crippen LogP contribution >= 0.6 is 0 Å². The average molecular weight is 214 g/mol. The molecule has 1 rings (SSSR count). The molecule has 0 aromatic heterocycles. The Morgan fingerprint density at radius 2 is 2.07 bits per heavy atom. The molecule has 0 radical (unpaired) electrons. The van der Waals surface area contributed by atoms with Crippen molar-refractivity contribution in [1.29, 1.82) is 0 Å². The van der Waals surface area contributed by atoms with E-state index in [0.29, 0.717) is 13.2 Å². The van der Waals surface area contributed by atoms with Crippen LogP contribution in [0, 0.1) is 11.3 Å². The summed E-state index contributed by atoms with van der Waals surface area (Å²) in [5, 5.41) is 2.99. The van der Waals surface area contributed by atoms with E-state index in [1.807, 2.05) is 6.92 Å². The Morgan fingerprint density at radius 3 is 2.47 bits per heavy atom. The second-order valence-electron chi connectivity index (χ2n) is 5.40. The topological polar surface area (TPSA) is 64.3 Å². The third-order valence-corrected chi connectivity index (χ3v) is 3.12. The van der Waals surface area contributed by atoms with Gasteiger partial charge in [0.2, 0.25) is 5.91 Å². The van der Waals surface area contributed by atoms with Crippen LogP contribution in [-0.4, -0.2) is 31.2 Å². The Bertz CT molecular complexity index is 235. The van der Waals surface area contributed by atoms with Crippen LogP contribution in [0.1, 0.15) is 27.7 Å². The third-order valence-electron chi connectivity index (χ3n) is 3.12. The van der Waals surface area contributed by atoms with Crippen LogP contribution in [0.4, 0.5) is 0 Å². The molecular weight excluding hydrogens is 192 g/mol. The van der Waals surface area contributed by atoms with Crippen molar-refractivity contribution in [3.05, 3.63) is 0 Å². The quantitative estimate of drug-likeness (QED) is 0.704. The van der Waals surface area contributed by atoms with E-state index in [9.17, 15) is 4.79 Å². The predicted octanol–water partition coefficient (Wildman–Crippen LogP) is 0.511. The van der Waals surface area contributed by atoms with Gasteiger partial charge in [0.15, 0.2) is 0 Å². The van der Waals surface area contributed by atoms with E-state index in [1.54, 1.807) is 0 Å². The Balaban J connectivity index is 2.48. The molecule has 0 bridgehead atoms. The van der Waals surface area contributed by atoms with Crippen molar-refractivity contribution >= 4 is 5.91 Å². The van der Waals surface area contributed by atoms with Crippen molar-refractivity contribution in [2.45, 2.75) is 39.8 Å². The molecule has 4 nitrogen and oxygen atoms in total. The van der Waals surface area contributed by atoms with Gasteiger partial charge < -0.3 is 15.8 Å². The summed E-state index contributed by atoms with van der Waals surface area (Å²) in [6.45, 7) is 9.25. The zero-order valence-electron chi connectivity index (χ0n) is 10.0. The summed E-state index contributed by atoms with van der Waals surface area (Å²) in [4.78, 5) is 11.8. The minimum absolute atomic E-state index is 0.0161. The molecule has 3 atom stereocenters. The summed E-state index contributed by atoms with van der Waals surface area (Å²) in [5.41, 5.74) is 5.85. The molecule has 3 N–H and O–H groups in total. The number of rotatable bonds is 2. The molecule has 1 amide bonds. The van der Waals surface area contributed by atoms with Gasteiger partial charge in [-0.1, -0.05) is 20.8 Å². The number of hydrogen-bond acceptors (Lipinski definition) is 3. The molecule has 88 valence electrons. The van der Waals surface area contributed by atoms with Gasteiger partial charge in [0.25, 0.3) is 0 Å². The second kappa shape index (κ2) is 4.49. The first kappa shape index (κ1) is 12.5. The normalized spacial score (nSPS) is 28.9. The SMILES string of the molecule is CC(NC(=O)C1COCC1N)C(C)(C)C. The molecular formula is C11H22N2O2. The van der Waals surface area contributed by atoms with Crippen molar-refractivity contribution in [2.75, 3.05) is 13.2 Å². The summed E-state index contributed by atoms with van der Waals surface area (Å²) < 4.78 is 5.17. The van der Waals surface area contributed by atoms with Crippen LogP contribution in [0.5, 0.6) is 0 Å². The highest BCUT2D eigenvalue weighted by Crippen LogP contribution is 2.20. The van der Waals surface area contributed by atoms with Gasteiger partial charge in [0.05, 0.1) is 19.1 Å². The molecule has 1 saturated heterocycles. The molecule has 1 aliphatic heterocycles. The lowest BCUT2D eigenvalue weighted by atomic mass is 9.87. The molecule has 0 aromatic rings. The van der Waals surface area contributed by atoms with Gasteiger partial charge in [-0.3, -0.25) is 4.79 Å². The fourth-order valence-corrected chi connectivity index (χ4v) is 1.38. The zero-order valence-corrected chi connectivity index (χ0v) is 10.0. The summed E-state index contributed by atoms with van der Waals surface area (Å²) in [6.07, 6.45) is 0. The standard InChI is InChI=1S/C11H22N2O2/c1-7(11(2,3)4)13-10(14)8-5-15-6-9(8)12/h7-9H,5-6,12H2,1-4H3,(H,13,14).